The minimum absolute atomic E-state index is 0.234. The first-order valence-electron chi connectivity index (χ1n) is 5.98. The zero-order chi connectivity index (χ0) is 13.1. The number of halogens is 1. The second kappa shape index (κ2) is 5.55. The number of hydrogen-bond donors (Lipinski definition) is 1. The molecule has 2 aromatic rings. The van der Waals surface area contributed by atoms with Gasteiger partial charge < -0.3 is 9.84 Å². The Morgan fingerprint density at radius 2 is 2.17 bits per heavy atom. The fourth-order valence-corrected chi connectivity index (χ4v) is 2.10. The number of benzene rings is 1. The topological polar surface area (TPSA) is 38.1 Å². The highest BCUT2D eigenvalue weighted by atomic mass is 35.5. The van der Waals surface area contributed by atoms with Crippen LogP contribution in [-0.4, -0.2) is 5.16 Å². The van der Waals surface area contributed by atoms with Gasteiger partial charge in [-0.15, -0.1) is 0 Å². The van der Waals surface area contributed by atoms with Gasteiger partial charge in [-0.2, -0.15) is 0 Å². The minimum atomic E-state index is 0.234. The maximum absolute atomic E-state index is 5.99. The van der Waals surface area contributed by atoms with E-state index in [0.717, 1.165) is 28.6 Å². The Morgan fingerprint density at radius 3 is 2.78 bits per heavy atom. The zero-order valence-corrected chi connectivity index (χ0v) is 11.6. The molecule has 0 aliphatic carbocycles. The first-order valence-corrected chi connectivity index (χ1v) is 6.36. The van der Waals surface area contributed by atoms with Crippen molar-refractivity contribution in [3.05, 3.63) is 51.9 Å². The molecule has 18 heavy (non-hydrogen) atoms. The molecule has 1 atom stereocenters. The molecule has 0 aliphatic rings. The number of aromatic nitrogens is 1. The molecule has 0 spiro atoms. The molecule has 0 fully saturated rings. The Kier molecular flexibility index (Phi) is 4.04. The molecule has 0 amide bonds. The van der Waals surface area contributed by atoms with E-state index in [1.807, 2.05) is 32.0 Å². The van der Waals surface area contributed by atoms with Crippen LogP contribution in [0.15, 0.2) is 28.8 Å². The lowest BCUT2D eigenvalue weighted by atomic mass is 10.1. The molecule has 1 heterocycles. The summed E-state index contributed by atoms with van der Waals surface area (Å²) in [5, 5.41) is 8.16. The summed E-state index contributed by atoms with van der Waals surface area (Å²) in [6, 6.07) is 8.12. The molecule has 96 valence electrons. The van der Waals surface area contributed by atoms with E-state index in [1.165, 1.54) is 5.56 Å². The summed E-state index contributed by atoms with van der Waals surface area (Å²) < 4.78 is 5.14. The van der Waals surface area contributed by atoms with Crippen LogP contribution in [0.4, 0.5) is 0 Å². The van der Waals surface area contributed by atoms with Crippen LogP contribution >= 0.6 is 11.6 Å². The first kappa shape index (κ1) is 13.1. The fraction of sp³-hybridized carbons (Fsp3) is 0.357. The van der Waals surface area contributed by atoms with Gasteiger partial charge in [0, 0.05) is 23.2 Å². The van der Waals surface area contributed by atoms with E-state index in [2.05, 4.69) is 23.5 Å². The van der Waals surface area contributed by atoms with Gasteiger partial charge in [-0.3, -0.25) is 0 Å². The Hall–Kier alpha value is -1.32. The third-order valence-electron chi connectivity index (χ3n) is 3.11. The van der Waals surface area contributed by atoms with Crippen LogP contribution in [0, 0.1) is 13.8 Å². The van der Waals surface area contributed by atoms with Crippen LogP contribution in [0.25, 0.3) is 0 Å². The Morgan fingerprint density at radius 1 is 1.39 bits per heavy atom. The molecule has 3 nitrogen and oxygen atoms in total. The normalized spacial score (nSPS) is 12.7. The minimum Gasteiger partial charge on any atom is -0.361 e. The molecule has 2 rings (SSSR count). The average Bonchev–Trinajstić information content (AvgIpc) is 2.66. The van der Waals surface area contributed by atoms with E-state index in [4.69, 9.17) is 16.1 Å². The van der Waals surface area contributed by atoms with Crippen LogP contribution in [0.1, 0.15) is 35.5 Å². The largest absolute Gasteiger partial charge is 0.361 e. The van der Waals surface area contributed by atoms with Gasteiger partial charge in [-0.05, 0) is 38.5 Å². The van der Waals surface area contributed by atoms with E-state index < -0.39 is 0 Å². The molecule has 0 saturated carbocycles. The SMILES string of the molecule is Cc1noc(C)c1CN[C@H](C)c1cccc(Cl)c1. The standard InChI is InChI=1S/C14H17ClN2O/c1-9(12-5-4-6-13(15)7-12)16-8-14-10(2)17-18-11(14)3/h4-7,9,16H,8H2,1-3H3/t9-/m1/s1. The monoisotopic (exact) mass is 264 g/mol. The maximum Gasteiger partial charge on any atom is 0.138 e. The second-order valence-electron chi connectivity index (χ2n) is 4.46. The Bertz CT molecular complexity index is 517. The summed E-state index contributed by atoms with van der Waals surface area (Å²) in [6.45, 7) is 6.75. The van der Waals surface area contributed by atoms with Gasteiger partial charge in [0.1, 0.15) is 5.76 Å². The summed E-state index contributed by atoms with van der Waals surface area (Å²) in [4.78, 5) is 0. The van der Waals surface area contributed by atoms with E-state index in [1.54, 1.807) is 0 Å². The number of rotatable bonds is 4. The van der Waals surface area contributed by atoms with Gasteiger partial charge in [0.05, 0.1) is 5.69 Å². The molecular formula is C14H17ClN2O. The summed E-state index contributed by atoms with van der Waals surface area (Å²) >= 11 is 5.99. The molecule has 1 aromatic carbocycles. The van der Waals surface area contributed by atoms with Gasteiger partial charge in [0.15, 0.2) is 0 Å². The molecule has 0 saturated heterocycles. The van der Waals surface area contributed by atoms with Crippen molar-refractivity contribution in [2.45, 2.75) is 33.4 Å². The molecule has 0 unspecified atom stereocenters. The van der Waals surface area contributed by atoms with Crippen molar-refractivity contribution in [3.63, 3.8) is 0 Å². The predicted molar refractivity (Wildman–Crippen MR) is 72.7 cm³/mol. The van der Waals surface area contributed by atoms with Gasteiger partial charge in [-0.1, -0.05) is 28.9 Å². The van der Waals surface area contributed by atoms with Crippen molar-refractivity contribution < 1.29 is 4.52 Å². The van der Waals surface area contributed by atoms with Crippen molar-refractivity contribution in [1.82, 2.24) is 10.5 Å². The smallest absolute Gasteiger partial charge is 0.138 e. The molecule has 0 bridgehead atoms. The lowest BCUT2D eigenvalue weighted by Gasteiger charge is -2.14. The molecule has 1 N–H and O–H groups in total. The van der Waals surface area contributed by atoms with E-state index in [9.17, 15) is 0 Å². The summed E-state index contributed by atoms with van der Waals surface area (Å²) in [6.07, 6.45) is 0. The lowest BCUT2D eigenvalue weighted by molar-refractivity contribution is 0.391. The third-order valence-corrected chi connectivity index (χ3v) is 3.35. The Balaban J connectivity index is 2.02. The van der Waals surface area contributed by atoms with Crippen molar-refractivity contribution in [2.24, 2.45) is 0 Å². The number of nitrogens with one attached hydrogen (secondary N) is 1. The van der Waals surface area contributed by atoms with E-state index >= 15 is 0 Å². The second-order valence-corrected chi connectivity index (χ2v) is 4.90. The molecule has 0 radical (unpaired) electrons. The number of nitrogens with zero attached hydrogens (tertiary/aromatic N) is 1. The summed E-state index contributed by atoms with van der Waals surface area (Å²) in [5.74, 6) is 0.873. The predicted octanol–water partition coefficient (Wildman–Crippen LogP) is 3.80. The number of hydrogen-bond acceptors (Lipinski definition) is 3. The van der Waals surface area contributed by atoms with Gasteiger partial charge in [0.2, 0.25) is 0 Å². The van der Waals surface area contributed by atoms with E-state index in [-0.39, 0.29) is 6.04 Å². The highest BCUT2D eigenvalue weighted by Gasteiger charge is 2.11. The van der Waals surface area contributed by atoms with Gasteiger partial charge in [0.25, 0.3) is 0 Å². The Labute approximate surface area is 112 Å². The third kappa shape index (κ3) is 2.92. The first-order chi connectivity index (χ1) is 8.58. The summed E-state index contributed by atoms with van der Waals surface area (Å²) in [5.41, 5.74) is 3.25. The molecule has 0 aliphatic heterocycles. The van der Waals surface area contributed by atoms with Crippen molar-refractivity contribution in [2.75, 3.05) is 0 Å². The fourth-order valence-electron chi connectivity index (χ4n) is 1.90. The van der Waals surface area contributed by atoms with Crippen LogP contribution in [0.3, 0.4) is 0 Å². The lowest BCUT2D eigenvalue weighted by Crippen LogP contribution is -2.18. The highest BCUT2D eigenvalue weighted by molar-refractivity contribution is 6.30. The molecular weight excluding hydrogens is 248 g/mol. The van der Waals surface area contributed by atoms with E-state index in [0.29, 0.717) is 0 Å². The molecule has 4 heteroatoms. The van der Waals surface area contributed by atoms with Crippen molar-refractivity contribution in [1.29, 1.82) is 0 Å². The highest BCUT2D eigenvalue weighted by Crippen LogP contribution is 2.19. The number of aryl methyl sites for hydroxylation is 2. The zero-order valence-electron chi connectivity index (χ0n) is 10.8. The quantitative estimate of drug-likeness (QED) is 0.913. The molecule has 1 aromatic heterocycles. The van der Waals surface area contributed by atoms with Crippen LogP contribution < -0.4 is 5.32 Å². The van der Waals surface area contributed by atoms with Crippen molar-refractivity contribution >= 4 is 11.6 Å². The van der Waals surface area contributed by atoms with Crippen LogP contribution in [0.2, 0.25) is 5.02 Å². The van der Waals surface area contributed by atoms with Crippen LogP contribution in [-0.2, 0) is 6.54 Å². The van der Waals surface area contributed by atoms with Crippen molar-refractivity contribution in [3.8, 4) is 0 Å². The summed E-state index contributed by atoms with van der Waals surface area (Å²) in [7, 11) is 0. The van der Waals surface area contributed by atoms with Crippen LogP contribution in [0.5, 0.6) is 0 Å². The van der Waals surface area contributed by atoms with Gasteiger partial charge >= 0.3 is 0 Å². The maximum atomic E-state index is 5.99. The average molecular weight is 265 g/mol. The van der Waals surface area contributed by atoms with Gasteiger partial charge in [-0.25, -0.2) is 0 Å².